The first kappa shape index (κ1) is 11.3. The van der Waals surface area contributed by atoms with E-state index < -0.39 is 0 Å². The van der Waals surface area contributed by atoms with E-state index in [0.29, 0.717) is 12.7 Å². The summed E-state index contributed by atoms with van der Waals surface area (Å²) in [5, 5.41) is 0. The van der Waals surface area contributed by atoms with Crippen molar-refractivity contribution in [1.82, 2.24) is 0 Å². The van der Waals surface area contributed by atoms with Gasteiger partial charge in [0, 0.05) is 0 Å². The van der Waals surface area contributed by atoms with E-state index in [1.165, 1.54) is 11.1 Å². The Bertz CT molecular complexity index is 400. The van der Waals surface area contributed by atoms with Crippen molar-refractivity contribution in [3.05, 3.63) is 23.3 Å². The van der Waals surface area contributed by atoms with E-state index in [1.807, 2.05) is 0 Å². The molecule has 0 fully saturated rings. The predicted octanol–water partition coefficient (Wildman–Crippen LogP) is 3.84. The van der Waals surface area contributed by atoms with Crippen molar-refractivity contribution in [3.8, 4) is 11.5 Å². The summed E-state index contributed by atoms with van der Waals surface area (Å²) in [6, 6.07) is 4.27. The fraction of sp³-hybridized carbons (Fsp3) is 0.571. The van der Waals surface area contributed by atoms with E-state index in [-0.39, 0.29) is 5.41 Å². The van der Waals surface area contributed by atoms with Crippen molar-refractivity contribution in [1.29, 1.82) is 0 Å². The molecule has 1 heterocycles. The maximum atomic E-state index is 5.45. The number of hydrogen-bond acceptors (Lipinski definition) is 2. The van der Waals surface area contributed by atoms with Gasteiger partial charge in [0.05, 0.1) is 0 Å². The van der Waals surface area contributed by atoms with Crippen LogP contribution in [0.3, 0.4) is 0 Å². The molecule has 88 valence electrons. The van der Waals surface area contributed by atoms with Gasteiger partial charge < -0.3 is 9.47 Å². The number of ether oxygens (including phenoxy) is 2. The van der Waals surface area contributed by atoms with Gasteiger partial charge in [-0.25, -0.2) is 0 Å². The molecule has 0 saturated carbocycles. The van der Waals surface area contributed by atoms with Crippen LogP contribution >= 0.6 is 0 Å². The molecule has 1 aliphatic heterocycles. The Balaban J connectivity index is 2.58. The van der Waals surface area contributed by atoms with Gasteiger partial charge in [0.25, 0.3) is 0 Å². The average Bonchev–Trinajstić information content (AvgIpc) is 2.60. The molecule has 0 aliphatic carbocycles. The van der Waals surface area contributed by atoms with E-state index in [4.69, 9.17) is 9.47 Å². The summed E-state index contributed by atoms with van der Waals surface area (Å²) in [6.45, 7) is 11.5. The van der Waals surface area contributed by atoms with E-state index in [9.17, 15) is 0 Å². The van der Waals surface area contributed by atoms with Crippen LogP contribution in [-0.2, 0) is 5.41 Å². The van der Waals surface area contributed by atoms with Crippen molar-refractivity contribution >= 4 is 0 Å². The molecule has 2 nitrogen and oxygen atoms in total. The van der Waals surface area contributed by atoms with Gasteiger partial charge in [-0.1, -0.05) is 34.6 Å². The minimum Gasteiger partial charge on any atom is -0.454 e. The van der Waals surface area contributed by atoms with Gasteiger partial charge in [0.2, 0.25) is 6.79 Å². The number of rotatable bonds is 1. The highest BCUT2D eigenvalue weighted by molar-refractivity contribution is 5.51. The first-order valence-corrected chi connectivity index (χ1v) is 5.83. The molecule has 1 aromatic carbocycles. The molecule has 0 spiro atoms. The van der Waals surface area contributed by atoms with Gasteiger partial charge >= 0.3 is 0 Å². The predicted molar refractivity (Wildman–Crippen MR) is 65.4 cm³/mol. The van der Waals surface area contributed by atoms with Crippen LogP contribution in [0.15, 0.2) is 12.1 Å². The first-order valence-electron chi connectivity index (χ1n) is 5.83. The summed E-state index contributed by atoms with van der Waals surface area (Å²) in [5.41, 5.74) is 2.85. The maximum absolute atomic E-state index is 5.45. The monoisotopic (exact) mass is 220 g/mol. The fourth-order valence-corrected chi connectivity index (χ4v) is 2.08. The second-order valence-corrected chi connectivity index (χ2v) is 5.70. The zero-order valence-corrected chi connectivity index (χ0v) is 10.8. The Hall–Kier alpha value is -1.18. The second-order valence-electron chi connectivity index (χ2n) is 5.70. The topological polar surface area (TPSA) is 18.5 Å². The van der Waals surface area contributed by atoms with Crippen LogP contribution in [0.1, 0.15) is 51.7 Å². The lowest BCUT2D eigenvalue weighted by molar-refractivity contribution is 0.174. The van der Waals surface area contributed by atoms with E-state index >= 15 is 0 Å². The minimum atomic E-state index is 0.139. The van der Waals surface area contributed by atoms with Crippen LogP contribution in [0.2, 0.25) is 0 Å². The van der Waals surface area contributed by atoms with Crippen LogP contribution in [0.4, 0.5) is 0 Å². The number of hydrogen-bond donors (Lipinski definition) is 0. The van der Waals surface area contributed by atoms with E-state index in [1.54, 1.807) is 0 Å². The molecule has 0 aromatic heterocycles. The molecule has 0 amide bonds. The van der Waals surface area contributed by atoms with Crippen LogP contribution in [0.25, 0.3) is 0 Å². The largest absolute Gasteiger partial charge is 0.454 e. The van der Waals surface area contributed by atoms with Gasteiger partial charge in [0.1, 0.15) is 0 Å². The van der Waals surface area contributed by atoms with Crippen LogP contribution in [0, 0.1) is 0 Å². The summed E-state index contributed by atoms with van der Waals surface area (Å²) >= 11 is 0. The molecule has 0 saturated heterocycles. The highest BCUT2D eigenvalue weighted by Gasteiger charge is 2.24. The van der Waals surface area contributed by atoms with Gasteiger partial charge in [-0.2, -0.15) is 0 Å². The SMILES string of the molecule is CC(C)c1cc2c(cc1C(C)(C)C)OCO2. The molecule has 16 heavy (non-hydrogen) atoms. The molecule has 0 radical (unpaired) electrons. The summed E-state index contributed by atoms with van der Waals surface area (Å²) in [6.07, 6.45) is 0. The first-order chi connectivity index (χ1) is 7.39. The molecule has 0 unspecified atom stereocenters. The lowest BCUT2D eigenvalue weighted by atomic mass is 9.80. The van der Waals surface area contributed by atoms with Crippen molar-refractivity contribution in [3.63, 3.8) is 0 Å². The Morgan fingerprint density at radius 2 is 1.62 bits per heavy atom. The molecule has 2 rings (SSSR count). The van der Waals surface area contributed by atoms with Gasteiger partial charge in [-0.15, -0.1) is 0 Å². The van der Waals surface area contributed by atoms with Crippen LogP contribution < -0.4 is 9.47 Å². The van der Waals surface area contributed by atoms with Gasteiger partial charge in [0.15, 0.2) is 11.5 Å². The van der Waals surface area contributed by atoms with E-state index in [0.717, 1.165) is 11.5 Å². The van der Waals surface area contributed by atoms with Crippen molar-refractivity contribution < 1.29 is 9.47 Å². The molecular weight excluding hydrogens is 200 g/mol. The zero-order valence-electron chi connectivity index (χ0n) is 10.8. The summed E-state index contributed by atoms with van der Waals surface area (Å²) in [5.74, 6) is 2.27. The minimum absolute atomic E-state index is 0.139. The molecule has 1 aliphatic rings. The smallest absolute Gasteiger partial charge is 0.231 e. The quantitative estimate of drug-likeness (QED) is 0.716. The Kier molecular flexibility index (Phi) is 2.61. The molecular formula is C14H20O2. The van der Waals surface area contributed by atoms with Crippen LogP contribution in [0.5, 0.6) is 11.5 Å². The standard InChI is InChI=1S/C14H20O2/c1-9(2)10-6-12-13(16-8-15-12)7-11(10)14(3,4)5/h6-7,9H,8H2,1-5H3. The van der Waals surface area contributed by atoms with Crippen molar-refractivity contribution in [2.45, 2.75) is 46.0 Å². The molecule has 1 aromatic rings. The molecule has 0 N–H and O–H groups in total. The maximum Gasteiger partial charge on any atom is 0.231 e. The average molecular weight is 220 g/mol. The summed E-state index contributed by atoms with van der Waals surface area (Å²) in [4.78, 5) is 0. The molecule has 0 atom stereocenters. The zero-order chi connectivity index (χ0) is 11.9. The Morgan fingerprint density at radius 1 is 1.06 bits per heavy atom. The van der Waals surface area contributed by atoms with Crippen molar-refractivity contribution in [2.24, 2.45) is 0 Å². The fourth-order valence-electron chi connectivity index (χ4n) is 2.08. The lowest BCUT2D eigenvalue weighted by Crippen LogP contribution is -2.14. The Morgan fingerprint density at radius 3 is 2.12 bits per heavy atom. The lowest BCUT2D eigenvalue weighted by Gasteiger charge is -2.25. The highest BCUT2D eigenvalue weighted by atomic mass is 16.7. The summed E-state index contributed by atoms with van der Waals surface area (Å²) in [7, 11) is 0. The van der Waals surface area contributed by atoms with E-state index in [2.05, 4.69) is 46.8 Å². The molecule has 2 heteroatoms. The third-order valence-corrected chi connectivity index (χ3v) is 2.97. The summed E-state index contributed by atoms with van der Waals surface area (Å²) < 4.78 is 10.9. The normalized spacial score (nSPS) is 14.6. The van der Waals surface area contributed by atoms with Gasteiger partial charge in [-0.05, 0) is 34.6 Å². The molecule has 0 bridgehead atoms. The van der Waals surface area contributed by atoms with Crippen molar-refractivity contribution in [2.75, 3.05) is 6.79 Å². The third kappa shape index (κ3) is 1.89. The highest BCUT2D eigenvalue weighted by Crippen LogP contribution is 2.41. The number of fused-ring (bicyclic) bond motifs is 1. The van der Waals surface area contributed by atoms with Crippen LogP contribution in [-0.4, -0.2) is 6.79 Å². The van der Waals surface area contributed by atoms with Gasteiger partial charge in [-0.3, -0.25) is 0 Å². The third-order valence-electron chi connectivity index (χ3n) is 2.97. The second kappa shape index (κ2) is 3.69. The number of benzene rings is 1. The Labute approximate surface area is 97.6 Å².